The molecule has 25 heavy (non-hydrogen) atoms. The minimum absolute atomic E-state index is 0.0824. The molecule has 138 valence electrons. The first-order valence-corrected chi connectivity index (χ1v) is 9.12. The summed E-state index contributed by atoms with van der Waals surface area (Å²) in [5, 5.41) is 5.70. The molecule has 0 aromatic heterocycles. The van der Waals surface area contributed by atoms with Crippen LogP contribution in [0.2, 0.25) is 0 Å². The average molecular weight is 346 g/mol. The van der Waals surface area contributed by atoms with Gasteiger partial charge in [0.05, 0.1) is 0 Å². The normalized spacial score (nSPS) is 14.0. The van der Waals surface area contributed by atoms with Gasteiger partial charge in [0.15, 0.2) is 0 Å². The van der Waals surface area contributed by atoms with Crippen molar-refractivity contribution in [1.82, 2.24) is 15.5 Å². The van der Waals surface area contributed by atoms with E-state index in [9.17, 15) is 9.59 Å². The molecule has 6 heteroatoms. The number of hydrogen-bond donors (Lipinski definition) is 3. The number of urea groups is 1. The fourth-order valence-corrected chi connectivity index (χ4v) is 2.93. The maximum atomic E-state index is 12.3. The summed E-state index contributed by atoms with van der Waals surface area (Å²) in [6, 6.07) is 8.08. The molecule has 0 aliphatic carbocycles. The zero-order valence-electron chi connectivity index (χ0n) is 15.3. The van der Waals surface area contributed by atoms with Gasteiger partial charge in [0.1, 0.15) is 0 Å². The molecule has 0 atom stereocenters. The second kappa shape index (κ2) is 8.85. The van der Waals surface area contributed by atoms with Crippen molar-refractivity contribution in [2.24, 2.45) is 5.73 Å². The van der Waals surface area contributed by atoms with Crippen LogP contribution in [-0.4, -0.2) is 42.0 Å². The van der Waals surface area contributed by atoms with Crippen LogP contribution in [0.5, 0.6) is 0 Å². The average Bonchev–Trinajstić information content (AvgIpc) is 2.65. The molecule has 0 radical (unpaired) electrons. The van der Waals surface area contributed by atoms with Crippen molar-refractivity contribution in [2.75, 3.05) is 19.6 Å². The van der Waals surface area contributed by atoms with Gasteiger partial charge in [-0.15, -0.1) is 0 Å². The van der Waals surface area contributed by atoms with E-state index in [-0.39, 0.29) is 23.9 Å². The van der Waals surface area contributed by atoms with Crippen LogP contribution in [0.3, 0.4) is 0 Å². The standard InChI is InChI=1S/C19H30N4O2/c1-3-19(20,4-2)14-22-17(24)9-11-21-18(25)23-12-10-15-7-5-6-8-16(15)13-23/h5-8H,3-4,9-14,20H2,1-2H3,(H,21,25)(H,22,24). The Morgan fingerprint density at radius 1 is 1.16 bits per heavy atom. The Morgan fingerprint density at radius 3 is 2.52 bits per heavy atom. The van der Waals surface area contributed by atoms with Gasteiger partial charge in [-0.3, -0.25) is 4.79 Å². The van der Waals surface area contributed by atoms with Crippen molar-refractivity contribution in [1.29, 1.82) is 0 Å². The molecule has 1 aromatic rings. The second-order valence-corrected chi connectivity index (χ2v) is 6.77. The lowest BCUT2D eigenvalue weighted by Gasteiger charge is -2.29. The van der Waals surface area contributed by atoms with Gasteiger partial charge in [-0.2, -0.15) is 0 Å². The van der Waals surface area contributed by atoms with Gasteiger partial charge in [-0.25, -0.2) is 4.79 Å². The Labute approximate surface area is 150 Å². The third-order valence-electron chi connectivity index (χ3n) is 5.09. The third-order valence-corrected chi connectivity index (χ3v) is 5.09. The van der Waals surface area contributed by atoms with E-state index in [1.165, 1.54) is 11.1 Å². The van der Waals surface area contributed by atoms with Gasteiger partial charge in [-0.05, 0) is 30.4 Å². The molecule has 3 amide bonds. The molecule has 1 heterocycles. The minimum atomic E-state index is -0.347. The van der Waals surface area contributed by atoms with E-state index in [1.54, 1.807) is 4.90 Å². The van der Waals surface area contributed by atoms with Crippen LogP contribution in [-0.2, 0) is 17.8 Å². The lowest BCUT2D eigenvalue weighted by atomic mass is 9.94. The van der Waals surface area contributed by atoms with E-state index in [1.807, 2.05) is 26.0 Å². The molecule has 2 rings (SSSR count). The number of nitrogens with one attached hydrogen (secondary N) is 2. The smallest absolute Gasteiger partial charge is 0.317 e. The van der Waals surface area contributed by atoms with E-state index in [0.717, 1.165) is 19.3 Å². The summed E-state index contributed by atoms with van der Waals surface area (Å²) in [6.45, 7) is 6.17. The van der Waals surface area contributed by atoms with Crippen LogP contribution in [0, 0.1) is 0 Å². The molecule has 1 aliphatic rings. The third kappa shape index (κ3) is 5.46. The summed E-state index contributed by atoms with van der Waals surface area (Å²) < 4.78 is 0. The molecule has 6 nitrogen and oxygen atoms in total. The number of carbonyl (C=O) groups excluding carboxylic acids is 2. The predicted octanol–water partition coefficient (Wildman–Crippen LogP) is 1.78. The molecule has 0 fully saturated rings. The Hall–Kier alpha value is -2.08. The molecule has 0 bridgehead atoms. The summed E-state index contributed by atoms with van der Waals surface area (Å²) in [6.07, 6.45) is 2.77. The van der Waals surface area contributed by atoms with Crippen molar-refractivity contribution in [3.63, 3.8) is 0 Å². The highest BCUT2D eigenvalue weighted by Crippen LogP contribution is 2.18. The van der Waals surface area contributed by atoms with Crippen molar-refractivity contribution in [3.05, 3.63) is 35.4 Å². The van der Waals surface area contributed by atoms with Gasteiger partial charge >= 0.3 is 6.03 Å². The van der Waals surface area contributed by atoms with Gasteiger partial charge in [0, 0.05) is 38.1 Å². The molecule has 4 N–H and O–H groups in total. The zero-order valence-corrected chi connectivity index (χ0v) is 15.3. The summed E-state index contributed by atoms with van der Waals surface area (Å²) >= 11 is 0. The van der Waals surface area contributed by atoms with E-state index < -0.39 is 0 Å². The number of hydrogen-bond acceptors (Lipinski definition) is 3. The monoisotopic (exact) mass is 346 g/mol. The Bertz CT molecular complexity index is 599. The molecule has 0 spiro atoms. The Morgan fingerprint density at radius 2 is 1.84 bits per heavy atom. The molecule has 1 aromatic carbocycles. The SMILES string of the molecule is CCC(N)(CC)CNC(=O)CCNC(=O)N1CCc2ccccc2C1. The highest BCUT2D eigenvalue weighted by molar-refractivity contribution is 5.78. The highest BCUT2D eigenvalue weighted by Gasteiger charge is 2.22. The molecular formula is C19H30N4O2. The maximum absolute atomic E-state index is 12.3. The molecular weight excluding hydrogens is 316 g/mol. The van der Waals surface area contributed by atoms with Crippen LogP contribution in [0.4, 0.5) is 4.79 Å². The first-order valence-electron chi connectivity index (χ1n) is 9.12. The highest BCUT2D eigenvalue weighted by atomic mass is 16.2. The number of benzene rings is 1. The number of nitrogens with zero attached hydrogens (tertiary/aromatic N) is 1. The van der Waals surface area contributed by atoms with Crippen LogP contribution in [0.15, 0.2) is 24.3 Å². The van der Waals surface area contributed by atoms with Crippen LogP contribution in [0.1, 0.15) is 44.2 Å². The van der Waals surface area contributed by atoms with Crippen molar-refractivity contribution < 1.29 is 9.59 Å². The predicted molar refractivity (Wildman–Crippen MR) is 99.1 cm³/mol. The lowest BCUT2D eigenvalue weighted by Crippen LogP contribution is -2.49. The number of amides is 3. The Balaban J connectivity index is 1.70. The number of carbonyl (C=O) groups is 2. The van der Waals surface area contributed by atoms with Gasteiger partial charge in [0.25, 0.3) is 0 Å². The summed E-state index contributed by atoms with van der Waals surface area (Å²) in [5.74, 6) is -0.0824. The molecule has 0 saturated carbocycles. The van der Waals surface area contributed by atoms with E-state index in [0.29, 0.717) is 26.2 Å². The van der Waals surface area contributed by atoms with Crippen molar-refractivity contribution in [3.8, 4) is 0 Å². The second-order valence-electron chi connectivity index (χ2n) is 6.77. The largest absolute Gasteiger partial charge is 0.354 e. The molecule has 1 aliphatic heterocycles. The van der Waals surface area contributed by atoms with E-state index in [2.05, 4.69) is 22.8 Å². The van der Waals surface area contributed by atoms with Crippen LogP contribution >= 0.6 is 0 Å². The quantitative estimate of drug-likeness (QED) is 0.703. The number of nitrogens with two attached hydrogens (primary N) is 1. The van der Waals surface area contributed by atoms with E-state index >= 15 is 0 Å². The summed E-state index contributed by atoms with van der Waals surface area (Å²) in [4.78, 5) is 26.0. The topological polar surface area (TPSA) is 87.5 Å². The van der Waals surface area contributed by atoms with Gasteiger partial charge < -0.3 is 21.3 Å². The lowest BCUT2D eigenvalue weighted by molar-refractivity contribution is -0.121. The molecule has 0 unspecified atom stereocenters. The minimum Gasteiger partial charge on any atom is -0.354 e. The zero-order chi connectivity index (χ0) is 18.3. The van der Waals surface area contributed by atoms with E-state index in [4.69, 9.17) is 5.73 Å². The number of rotatable bonds is 7. The van der Waals surface area contributed by atoms with Crippen molar-refractivity contribution in [2.45, 2.75) is 51.6 Å². The van der Waals surface area contributed by atoms with Gasteiger partial charge in [-0.1, -0.05) is 38.1 Å². The fraction of sp³-hybridized carbons (Fsp3) is 0.579. The van der Waals surface area contributed by atoms with Crippen molar-refractivity contribution >= 4 is 11.9 Å². The number of fused-ring (bicyclic) bond motifs is 1. The van der Waals surface area contributed by atoms with Crippen LogP contribution in [0.25, 0.3) is 0 Å². The summed E-state index contributed by atoms with van der Waals surface area (Å²) in [5.41, 5.74) is 8.32. The molecule has 0 saturated heterocycles. The Kier molecular flexibility index (Phi) is 6.82. The van der Waals surface area contributed by atoms with Gasteiger partial charge in [0.2, 0.25) is 5.91 Å². The van der Waals surface area contributed by atoms with Crippen LogP contribution < -0.4 is 16.4 Å². The maximum Gasteiger partial charge on any atom is 0.317 e. The first kappa shape index (κ1) is 19.2. The summed E-state index contributed by atoms with van der Waals surface area (Å²) in [7, 11) is 0. The first-order chi connectivity index (χ1) is 12.0. The fourth-order valence-electron chi connectivity index (χ4n) is 2.93.